The molecule has 2 atom stereocenters. The van der Waals surface area contributed by atoms with E-state index < -0.39 is 10.0 Å². The number of aromatic nitrogens is 2. The molecule has 2 unspecified atom stereocenters. The number of aryl methyl sites for hydroxylation is 1. The zero-order valence-corrected chi connectivity index (χ0v) is 13.0. The van der Waals surface area contributed by atoms with Gasteiger partial charge in [0.05, 0.1) is 36.4 Å². The van der Waals surface area contributed by atoms with Crippen LogP contribution in [0.15, 0.2) is 35.4 Å². The van der Waals surface area contributed by atoms with E-state index >= 15 is 0 Å². The normalized spacial score (nSPS) is 25.0. The van der Waals surface area contributed by atoms with E-state index in [1.54, 1.807) is 22.6 Å². The number of H-pyrrole nitrogens is 1. The number of nitrogens with one attached hydrogen (secondary N) is 1. The van der Waals surface area contributed by atoms with Gasteiger partial charge in [-0.15, -0.1) is 0 Å². The van der Waals surface area contributed by atoms with Gasteiger partial charge < -0.3 is 4.74 Å². The van der Waals surface area contributed by atoms with Gasteiger partial charge in [-0.05, 0) is 18.6 Å². The number of rotatable bonds is 2. The fraction of sp³-hybridized carbons (Fsp3) is 0.400. The number of aromatic amines is 1. The van der Waals surface area contributed by atoms with Gasteiger partial charge >= 0.3 is 0 Å². The molecule has 1 saturated heterocycles. The zero-order chi connectivity index (χ0) is 15.3. The highest BCUT2D eigenvalue weighted by atomic mass is 32.2. The fourth-order valence-electron chi connectivity index (χ4n) is 3.42. The Labute approximate surface area is 129 Å². The van der Waals surface area contributed by atoms with Crippen molar-refractivity contribution in [2.75, 3.05) is 13.2 Å². The number of morpholine rings is 1. The standard InChI is InChI=1S/C15H17N3O3S/c1-10-4-2-3-5-15(10)22(19,20)18-11-6-13-12(7-16-17-13)14(18)9-21-8-11/h2-5,7,11,14H,6,8-9H2,1H3,(H,16,17). The van der Waals surface area contributed by atoms with Crippen molar-refractivity contribution in [1.82, 2.24) is 14.5 Å². The van der Waals surface area contributed by atoms with Crippen LogP contribution in [0.25, 0.3) is 0 Å². The number of ether oxygens (including phenoxy) is 1. The molecular formula is C15H17N3O3S. The Kier molecular flexibility index (Phi) is 3.11. The molecule has 1 N–H and O–H groups in total. The molecule has 0 saturated carbocycles. The molecule has 1 fully saturated rings. The van der Waals surface area contributed by atoms with Crippen molar-refractivity contribution in [2.45, 2.75) is 30.3 Å². The van der Waals surface area contributed by atoms with Crippen LogP contribution in [0.1, 0.15) is 22.9 Å². The molecule has 2 aromatic rings. The molecule has 0 aliphatic carbocycles. The van der Waals surface area contributed by atoms with Crippen molar-refractivity contribution in [3.05, 3.63) is 47.3 Å². The highest BCUT2D eigenvalue weighted by molar-refractivity contribution is 7.89. The minimum atomic E-state index is -3.56. The molecule has 6 nitrogen and oxygen atoms in total. The number of sulfonamides is 1. The summed E-state index contributed by atoms with van der Waals surface area (Å²) in [7, 11) is -3.56. The third kappa shape index (κ3) is 1.93. The molecular weight excluding hydrogens is 302 g/mol. The van der Waals surface area contributed by atoms with Crippen molar-refractivity contribution in [1.29, 1.82) is 0 Å². The third-order valence-corrected chi connectivity index (χ3v) is 6.57. The Morgan fingerprint density at radius 1 is 1.32 bits per heavy atom. The average molecular weight is 319 g/mol. The van der Waals surface area contributed by atoms with Gasteiger partial charge in [0.25, 0.3) is 0 Å². The van der Waals surface area contributed by atoms with Gasteiger partial charge in [0.15, 0.2) is 0 Å². The lowest BCUT2D eigenvalue weighted by Gasteiger charge is -2.44. The van der Waals surface area contributed by atoms with E-state index in [0.29, 0.717) is 24.5 Å². The smallest absolute Gasteiger partial charge is 0.244 e. The van der Waals surface area contributed by atoms with E-state index in [9.17, 15) is 8.42 Å². The number of benzene rings is 1. The Morgan fingerprint density at radius 2 is 2.14 bits per heavy atom. The zero-order valence-electron chi connectivity index (χ0n) is 12.2. The van der Waals surface area contributed by atoms with Crippen LogP contribution in [0.3, 0.4) is 0 Å². The number of nitrogens with zero attached hydrogens (tertiary/aromatic N) is 2. The van der Waals surface area contributed by atoms with Crippen molar-refractivity contribution in [2.24, 2.45) is 0 Å². The van der Waals surface area contributed by atoms with Crippen LogP contribution in [0.2, 0.25) is 0 Å². The first-order valence-corrected chi connectivity index (χ1v) is 8.72. The quantitative estimate of drug-likeness (QED) is 0.908. The molecule has 0 radical (unpaired) electrons. The predicted molar refractivity (Wildman–Crippen MR) is 79.8 cm³/mol. The molecule has 1 aromatic heterocycles. The SMILES string of the molecule is Cc1ccccc1S(=O)(=O)N1C2COCC1c1cn[nH]c1C2. The molecule has 116 valence electrons. The van der Waals surface area contributed by atoms with Gasteiger partial charge in [-0.3, -0.25) is 5.10 Å². The molecule has 0 amide bonds. The predicted octanol–water partition coefficient (Wildman–Crippen LogP) is 1.41. The summed E-state index contributed by atoms with van der Waals surface area (Å²) in [6.07, 6.45) is 2.32. The summed E-state index contributed by atoms with van der Waals surface area (Å²) in [5.74, 6) is 0. The molecule has 2 aliphatic heterocycles. The Balaban J connectivity index is 1.84. The summed E-state index contributed by atoms with van der Waals surface area (Å²) in [5, 5.41) is 7.05. The van der Waals surface area contributed by atoms with E-state index in [2.05, 4.69) is 10.2 Å². The summed E-state index contributed by atoms with van der Waals surface area (Å²) >= 11 is 0. The molecule has 22 heavy (non-hydrogen) atoms. The maximum atomic E-state index is 13.2. The Hall–Kier alpha value is -1.70. The van der Waals surface area contributed by atoms with Crippen molar-refractivity contribution in [3.63, 3.8) is 0 Å². The minimum absolute atomic E-state index is 0.184. The maximum absolute atomic E-state index is 13.2. The first-order valence-electron chi connectivity index (χ1n) is 7.28. The monoisotopic (exact) mass is 319 g/mol. The molecule has 3 heterocycles. The summed E-state index contributed by atoms with van der Waals surface area (Å²) in [4.78, 5) is 0.374. The summed E-state index contributed by atoms with van der Waals surface area (Å²) in [5.41, 5.74) is 2.71. The third-order valence-electron chi connectivity index (χ3n) is 4.45. The minimum Gasteiger partial charge on any atom is -0.378 e. The second kappa shape index (κ2) is 4.91. The topological polar surface area (TPSA) is 75.3 Å². The summed E-state index contributed by atoms with van der Waals surface area (Å²) in [6, 6.07) is 6.63. The van der Waals surface area contributed by atoms with Crippen molar-refractivity contribution in [3.8, 4) is 0 Å². The summed E-state index contributed by atoms with van der Waals surface area (Å²) in [6.45, 7) is 2.61. The number of hydrogen-bond acceptors (Lipinski definition) is 4. The van der Waals surface area contributed by atoms with Crippen LogP contribution in [-0.2, 0) is 21.2 Å². The highest BCUT2D eigenvalue weighted by Gasteiger charge is 2.46. The van der Waals surface area contributed by atoms with Gasteiger partial charge in [-0.2, -0.15) is 9.40 Å². The first kappa shape index (κ1) is 13.9. The number of fused-ring (bicyclic) bond motifs is 4. The molecule has 4 rings (SSSR count). The summed E-state index contributed by atoms with van der Waals surface area (Å²) < 4.78 is 33.6. The largest absolute Gasteiger partial charge is 0.378 e. The Bertz CT molecular complexity index is 815. The molecule has 2 aliphatic rings. The van der Waals surface area contributed by atoms with Gasteiger partial charge in [-0.1, -0.05) is 18.2 Å². The van der Waals surface area contributed by atoms with E-state index in [1.165, 1.54) is 0 Å². The Morgan fingerprint density at radius 3 is 2.95 bits per heavy atom. The lowest BCUT2D eigenvalue weighted by molar-refractivity contribution is -0.0145. The first-order chi connectivity index (χ1) is 10.6. The van der Waals surface area contributed by atoms with E-state index in [0.717, 1.165) is 16.8 Å². The van der Waals surface area contributed by atoms with Gasteiger partial charge in [0.1, 0.15) is 0 Å². The van der Waals surface area contributed by atoms with E-state index in [1.807, 2.05) is 19.1 Å². The van der Waals surface area contributed by atoms with Gasteiger partial charge in [0.2, 0.25) is 10.0 Å². The van der Waals surface area contributed by atoms with Crippen LogP contribution in [0, 0.1) is 6.92 Å². The van der Waals surface area contributed by atoms with E-state index in [4.69, 9.17) is 4.74 Å². The van der Waals surface area contributed by atoms with Crippen molar-refractivity contribution < 1.29 is 13.2 Å². The second-order valence-electron chi connectivity index (χ2n) is 5.82. The van der Waals surface area contributed by atoms with Crippen LogP contribution in [-0.4, -0.2) is 42.2 Å². The average Bonchev–Trinajstić information content (AvgIpc) is 2.95. The van der Waals surface area contributed by atoms with Crippen molar-refractivity contribution >= 4 is 10.0 Å². The molecule has 7 heteroatoms. The molecule has 2 bridgehead atoms. The molecule has 1 aromatic carbocycles. The van der Waals surface area contributed by atoms with E-state index in [-0.39, 0.29) is 12.1 Å². The fourth-order valence-corrected chi connectivity index (χ4v) is 5.41. The maximum Gasteiger partial charge on any atom is 0.244 e. The lowest BCUT2D eigenvalue weighted by atomic mass is 9.95. The highest BCUT2D eigenvalue weighted by Crippen LogP contribution is 2.39. The van der Waals surface area contributed by atoms with Crippen LogP contribution >= 0.6 is 0 Å². The van der Waals surface area contributed by atoms with Gasteiger partial charge in [-0.25, -0.2) is 8.42 Å². The lowest BCUT2D eigenvalue weighted by Crippen LogP contribution is -2.54. The van der Waals surface area contributed by atoms with Crippen LogP contribution < -0.4 is 0 Å². The molecule has 0 spiro atoms. The van der Waals surface area contributed by atoms with Crippen LogP contribution in [0.4, 0.5) is 0 Å². The number of hydrogen-bond donors (Lipinski definition) is 1. The second-order valence-corrected chi connectivity index (χ2v) is 7.63. The van der Waals surface area contributed by atoms with Crippen LogP contribution in [0.5, 0.6) is 0 Å². The van der Waals surface area contributed by atoms with Gasteiger partial charge in [0, 0.05) is 17.7 Å².